The van der Waals surface area contributed by atoms with Gasteiger partial charge in [-0.05, 0) is 68.6 Å². The van der Waals surface area contributed by atoms with Crippen molar-refractivity contribution >= 4 is 11.8 Å². The summed E-state index contributed by atoms with van der Waals surface area (Å²) in [5, 5.41) is 2.99. The number of rotatable bonds is 6. The van der Waals surface area contributed by atoms with Crippen molar-refractivity contribution in [1.29, 1.82) is 0 Å². The van der Waals surface area contributed by atoms with Gasteiger partial charge in [-0.15, -0.1) is 0 Å². The van der Waals surface area contributed by atoms with Gasteiger partial charge in [0.1, 0.15) is 12.1 Å². The monoisotopic (exact) mass is 290 g/mol. The van der Waals surface area contributed by atoms with E-state index in [0.29, 0.717) is 11.8 Å². The Balaban J connectivity index is 1.52. The van der Waals surface area contributed by atoms with E-state index in [-0.39, 0.29) is 23.9 Å². The summed E-state index contributed by atoms with van der Waals surface area (Å²) in [4.78, 5) is 27.2. The number of nitrogens with zero attached hydrogens (tertiary/aromatic N) is 1. The van der Waals surface area contributed by atoms with Crippen molar-refractivity contribution in [1.82, 2.24) is 10.2 Å². The van der Waals surface area contributed by atoms with Gasteiger partial charge in [-0.3, -0.25) is 9.59 Å². The second kappa shape index (κ2) is 4.99. The molecule has 21 heavy (non-hydrogen) atoms. The van der Waals surface area contributed by atoms with Gasteiger partial charge in [-0.1, -0.05) is 6.92 Å². The van der Waals surface area contributed by atoms with Crippen LogP contribution in [0.25, 0.3) is 0 Å². The molecule has 2 amide bonds. The molecule has 0 radical (unpaired) electrons. The molecule has 1 aliphatic heterocycles. The Morgan fingerprint density at radius 3 is 2.19 bits per heavy atom. The molecule has 1 N–H and O–H groups in total. The molecule has 3 saturated carbocycles. The second-order valence-electron chi connectivity index (χ2n) is 7.58. The predicted octanol–water partition coefficient (Wildman–Crippen LogP) is 1.94. The van der Waals surface area contributed by atoms with Gasteiger partial charge in [0, 0.05) is 6.54 Å². The molecule has 0 aromatic rings. The minimum atomic E-state index is -0.229. The molecule has 4 heteroatoms. The lowest BCUT2D eigenvalue weighted by Gasteiger charge is -2.40. The number of carbonyl (C=O) groups is 2. The maximum atomic E-state index is 12.9. The zero-order valence-electron chi connectivity index (χ0n) is 12.9. The van der Waals surface area contributed by atoms with Crippen molar-refractivity contribution in [3.05, 3.63) is 0 Å². The van der Waals surface area contributed by atoms with Crippen molar-refractivity contribution in [2.45, 2.75) is 64.0 Å². The number of hydrogen-bond acceptors (Lipinski definition) is 2. The fraction of sp³-hybridized carbons (Fsp3) is 0.882. The fourth-order valence-electron chi connectivity index (χ4n) is 4.12. The van der Waals surface area contributed by atoms with Crippen molar-refractivity contribution < 1.29 is 9.59 Å². The first-order chi connectivity index (χ1) is 10.2. The second-order valence-corrected chi connectivity index (χ2v) is 7.58. The average molecular weight is 290 g/mol. The molecule has 1 saturated heterocycles. The Morgan fingerprint density at radius 1 is 1.10 bits per heavy atom. The lowest BCUT2D eigenvalue weighted by atomic mass is 9.93. The normalized spacial score (nSPS) is 33.5. The molecule has 1 heterocycles. The van der Waals surface area contributed by atoms with Crippen LogP contribution < -0.4 is 5.32 Å². The van der Waals surface area contributed by atoms with Gasteiger partial charge in [0.25, 0.3) is 0 Å². The van der Waals surface area contributed by atoms with Gasteiger partial charge in [0.05, 0.1) is 0 Å². The molecule has 0 aromatic heterocycles. The highest BCUT2D eigenvalue weighted by atomic mass is 16.2. The fourth-order valence-corrected chi connectivity index (χ4v) is 4.12. The molecule has 4 fully saturated rings. The van der Waals surface area contributed by atoms with Crippen LogP contribution in [0.5, 0.6) is 0 Å². The Morgan fingerprint density at radius 2 is 1.71 bits per heavy atom. The molecule has 2 atom stereocenters. The van der Waals surface area contributed by atoms with Gasteiger partial charge in [-0.25, -0.2) is 0 Å². The molecule has 4 aliphatic rings. The van der Waals surface area contributed by atoms with Crippen LogP contribution in [0.15, 0.2) is 0 Å². The Hall–Kier alpha value is -1.06. The topological polar surface area (TPSA) is 49.4 Å². The quantitative estimate of drug-likeness (QED) is 0.812. The summed E-state index contributed by atoms with van der Waals surface area (Å²) in [5.74, 6) is 3.00. The lowest BCUT2D eigenvalue weighted by molar-refractivity contribution is -0.151. The van der Waals surface area contributed by atoms with Crippen LogP contribution >= 0.6 is 0 Å². The predicted molar refractivity (Wildman–Crippen MR) is 79.4 cm³/mol. The summed E-state index contributed by atoms with van der Waals surface area (Å²) < 4.78 is 0. The molecule has 0 aromatic carbocycles. The summed E-state index contributed by atoms with van der Waals surface area (Å²) in [5.41, 5.74) is 0. The zero-order valence-corrected chi connectivity index (χ0v) is 12.9. The number of amides is 2. The van der Waals surface area contributed by atoms with E-state index in [0.717, 1.165) is 37.6 Å². The minimum absolute atomic E-state index is 0.0827. The van der Waals surface area contributed by atoms with Crippen LogP contribution in [-0.4, -0.2) is 35.3 Å². The number of hydrogen-bond donors (Lipinski definition) is 1. The third-order valence-corrected chi connectivity index (χ3v) is 5.87. The maximum absolute atomic E-state index is 12.9. The highest BCUT2D eigenvalue weighted by molar-refractivity contribution is 5.97. The molecule has 2 unspecified atom stereocenters. The van der Waals surface area contributed by atoms with Crippen LogP contribution in [0.2, 0.25) is 0 Å². The van der Waals surface area contributed by atoms with Crippen LogP contribution in [0.1, 0.15) is 51.9 Å². The van der Waals surface area contributed by atoms with Gasteiger partial charge in [0.2, 0.25) is 11.8 Å². The number of nitrogens with one attached hydrogen (secondary N) is 1. The molecule has 4 nitrogen and oxygen atoms in total. The summed E-state index contributed by atoms with van der Waals surface area (Å²) in [7, 11) is 0. The number of carbonyl (C=O) groups excluding carboxylic acids is 2. The van der Waals surface area contributed by atoms with E-state index >= 15 is 0 Å². The summed E-state index contributed by atoms with van der Waals surface area (Å²) in [6.45, 7) is 2.86. The largest absolute Gasteiger partial charge is 0.342 e. The van der Waals surface area contributed by atoms with E-state index in [1.54, 1.807) is 0 Å². The molecule has 4 rings (SSSR count). The maximum Gasteiger partial charge on any atom is 0.246 e. The summed E-state index contributed by atoms with van der Waals surface area (Å²) in [6.07, 6.45) is 8.25. The third-order valence-electron chi connectivity index (χ3n) is 5.87. The smallest absolute Gasteiger partial charge is 0.246 e. The Kier molecular flexibility index (Phi) is 3.23. The first-order valence-electron chi connectivity index (χ1n) is 8.80. The molecular weight excluding hydrogens is 264 g/mol. The highest BCUT2D eigenvalue weighted by Crippen LogP contribution is 2.50. The van der Waals surface area contributed by atoms with E-state index in [1.165, 1.54) is 25.7 Å². The molecule has 3 aliphatic carbocycles. The average Bonchev–Trinajstić information content (AvgIpc) is 3.31. The van der Waals surface area contributed by atoms with E-state index in [9.17, 15) is 9.59 Å². The van der Waals surface area contributed by atoms with E-state index < -0.39 is 0 Å². The Labute approximate surface area is 126 Å². The molecule has 0 spiro atoms. The molecule has 116 valence electrons. The lowest BCUT2D eigenvalue weighted by Crippen LogP contribution is -2.64. The van der Waals surface area contributed by atoms with Crippen LogP contribution in [-0.2, 0) is 9.59 Å². The van der Waals surface area contributed by atoms with E-state index in [4.69, 9.17) is 0 Å². The first kappa shape index (κ1) is 13.6. The van der Waals surface area contributed by atoms with E-state index in [2.05, 4.69) is 5.32 Å². The SMILES string of the molecule is CCC1C(=O)NC(C2CC2)C(=O)N1CC(C1CC1)C1CC1. The first-order valence-corrected chi connectivity index (χ1v) is 8.80. The van der Waals surface area contributed by atoms with Crippen LogP contribution in [0.3, 0.4) is 0 Å². The number of piperazine rings is 1. The van der Waals surface area contributed by atoms with Crippen molar-refractivity contribution in [3.63, 3.8) is 0 Å². The summed E-state index contributed by atoms with van der Waals surface area (Å²) in [6, 6.07) is -0.452. The standard InChI is InChI=1S/C17H26N2O2/c1-2-14-16(20)18-15(12-7-8-12)17(21)19(14)9-13(10-3-4-10)11-5-6-11/h10-15H,2-9H2,1H3,(H,18,20). The zero-order chi connectivity index (χ0) is 14.6. The van der Waals surface area contributed by atoms with Gasteiger partial charge in [-0.2, -0.15) is 0 Å². The van der Waals surface area contributed by atoms with E-state index in [1.807, 2.05) is 11.8 Å². The van der Waals surface area contributed by atoms with Crippen molar-refractivity contribution in [2.75, 3.05) is 6.54 Å². The Bertz CT molecular complexity index is 440. The highest BCUT2D eigenvalue weighted by Gasteiger charge is 2.49. The van der Waals surface area contributed by atoms with Crippen molar-refractivity contribution in [3.8, 4) is 0 Å². The molecular formula is C17H26N2O2. The minimum Gasteiger partial charge on any atom is -0.342 e. The van der Waals surface area contributed by atoms with Crippen LogP contribution in [0.4, 0.5) is 0 Å². The summed E-state index contributed by atoms with van der Waals surface area (Å²) >= 11 is 0. The van der Waals surface area contributed by atoms with Crippen molar-refractivity contribution in [2.24, 2.45) is 23.7 Å². The van der Waals surface area contributed by atoms with Gasteiger partial charge in [0.15, 0.2) is 0 Å². The van der Waals surface area contributed by atoms with Gasteiger partial charge >= 0.3 is 0 Å². The van der Waals surface area contributed by atoms with Crippen LogP contribution in [0, 0.1) is 23.7 Å². The molecule has 0 bridgehead atoms. The third kappa shape index (κ3) is 2.58. The van der Waals surface area contributed by atoms with Gasteiger partial charge < -0.3 is 10.2 Å².